The lowest BCUT2D eigenvalue weighted by Crippen LogP contribution is -2.38. The van der Waals surface area contributed by atoms with E-state index < -0.39 is 10.0 Å². The standard InChI is InChI=1S/C11H15IN2O2S.ClH/c12-9-2-1-3-10(6-9)17(15,16)14-7-11(13)8-4-5-8;/h1-3,6,8,11,14H,4-5,7,13H2;1H. The third-order valence-electron chi connectivity index (χ3n) is 2.84. The maximum Gasteiger partial charge on any atom is 0.240 e. The Bertz CT molecular complexity index is 506. The number of nitrogens with one attached hydrogen (secondary N) is 1. The molecule has 1 aromatic carbocycles. The molecule has 0 amide bonds. The molecule has 1 atom stereocenters. The SMILES string of the molecule is Cl.NC(CNS(=O)(=O)c1cccc(I)c1)C1CC1. The van der Waals surface area contributed by atoms with Crippen molar-refractivity contribution in [2.75, 3.05) is 6.54 Å². The summed E-state index contributed by atoms with van der Waals surface area (Å²) in [6.45, 7) is 0.318. The largest absolute Gasteiger partial charge is 0.326 e. The first kappa shape index (κ1) is 16.2. The van der Waals surface area contributed by atoms with Crippen LogP contribution in [-0.4, -0.2) is 21.0 Å². The second-order valence-corrected chi connectivity index (χ2v) is 7.32. The molecule has 1 aromatic rings. The molecule has 0 aromatic heterocycles. The fourth-order valence-corrected chi connectivity index (χ4v) is 3.49. The number of rotatable bonds is 5. The van der Waals surface area contributed by atoms with Crippen LogP contribution in [0.4, 0.5) is 0 Å². The summed E-state index contributed by atoms with van der Waals surface area (Å²) in [5.41, 5.74) is 5.87. The number of hydrogen-bond donors (Lipinski definition) is 2. The Hall–Kier alpha value is 0.110. The van der Waals surface area contributed by atoms with Crippen molar-refractivity contribution in [1.29, 1.82) is 0 Å². The molecule has 1 fully saturated rings. The van der Waals surface area contributed by atoms with Crippen LogP contribution >= 0.6 is 35.0 Å². The van der Waals surface area contributed by atoms with Gasteiger partial charge in [0, 0.05) is 16.2 Å². The van der Waals surface area contributed by atoms with Gasteiger partial charge in [-0.15, -0.1) is 12.4 Å². The molecule has 1 aliphatic rings. The molecule has 0 spiro atoms. The van der Waals surface area contributed by atoms with E-state index in [9.17, 15) is 8.42 Å². The summed E-state index contributed by atoms with van der Waals surface area (Å²) < 4.78 is 27.4. The maximum absolute atomic E-state index is 12.0. The first-order valence-electron chi connectivity index (χ1n) is 5.50. The van der Waals surface area contributed by atoms with E-state index in [1.54, 1.807) is 18.2 Å². The van der Waals surface area contributed by atoms with Crippen molar-refractivity contribution in [2.45, 2.75) is 23.8 Å². The molecule has 1 unspecified atom stereocenters. The van der Waals surface area contributed by atoms with E-state index in [2.05, 4.69) is 27.3 Å². The van der Waals surface area contributed by atoms with Crippen molar-refractivity contribution in [3.05, 3.63) is 27.8 Å². The van der Waals surface area contributed by atoms with Crippen LogP contribution in [0.2, 0.25) is 0 Å². The van der Waals surface area contributed by atoms with E-state index in [0.29, 0.717) is 17.4 Å². The molecule has 0 heterocycles. The Balaban J connectivity index is 0.00000162. The first-order valence-corrected chi connectivity index (χ1v) is 8.06. The molecule has 7 heteroatoms. The van der Waals surface area contributed by atoms with Crippen molar-refractivity contribution in [3.8, 4) is 0 Å². The Labute approximate surface area is 127 Å². The smallest absolute Gasteiger partial charge is 0.240 e. The van der Waals surface area contributed by atoms with Gasteiger partial charge in [0.05, 0.1) is 4.90 Å². The molecule has 1 aliphatic carbocycles. The number of nitrogens with two attached hydrogens (primary N) is 1. The van der Waals surface area contributed by atoms with Crippen LogP contribution in [0.25, 0.3) is 0 Å². The average molecular weight is 403 g/mol. The summed E-state index contributed by atoms with van der Waals surface area (Å²) in [5.74, 6) is 0.494. The minimum absolute atomic E-state index is 0. The van der Waals surface area contributed by atoms with E-state index in [0.717, 1.165) is 16.4 Å². The highest BCUT2D eigenvalue weighted by Gasteiger charge is 2.29. The van der Waals surface area contributed by atoms with Crippen molar-refractivity contribution in [2.24, 2.45) is 11.7 Å². The predicted molar refractivity (Wildman–Crippen MR) is 82.3 cm³/mol. The number of hydrogen-bond acceptors (Lipinski definition) is 3. The summed E-state index contributed by atoms with van der Waals surface area (Å²) in [6.07, 6.45) is 2.23. The van der Waals surface area contributed by atoms with Crippen molar-refractivity contribution in [1.82, 2.24) is 4.72 Å². The quantitative estimate of drug-likeness (QED) is 0.737. The van der Waals surface area contributed by atoms with Gasteiger partial charge in [-0.05, 0) is 59.5 Å². The first-order chi connectivity index (χ1) is 7.99. The van der Waals surface area contributed by atoms with Crippen LogP contribution in [0.15, 0.2) is 29.2 Å². The highest BCUT2D eigenvalue weighted by atomic mass is 127. The zero-order valence-corrected chi connectivity index (χ0v) is 13.5. The Morgan fingerprint density at radius 2 is 2.11 bits per heavy atom. The molecular weight excluding hydrogens is 387 g/mol. The van der Waals surface area contributed by atoms with Gasteiger partial charge in [-0.25, -0.2) is 13.1 Å². The second-order valence-electron chi connectivity index (χ2n) is 4.31. The molecule has 102 valence electrons. The highest BCUT2D eigenvalue weighted by Crippen LogP contribution is 2.31. The molecule has 4 nitrogen and oxygen atoms in total. The van der Waals surface area contributed by atoms with E-state index in [4.69, 9.17) is 5.73 Å². The normalized spacial score (nSPS) is 17.0. The van der Waals surface area contributed by atoms with Gasteiger partial charge in [0.2, 0.25) is 10.0 Å². The van der Waals surface area contributed by atoms with Crippen LogP contribution < -0.4 is 10.5 Å². The van der Waals surface area contributed by atoms with E-state index in [1.807, 2.05) is 6.07 Å². The minimum Gasteiger partial charge on any atom is -0.326 e. The van der Waals surface area contributed by atoms with Gasteiger partial charge in [0.15, 0.2) is 0 Å². The molecule has 0 saturated heterocycles. The highest BCUT2D eigenvalue weighted by molar-refractivity contribution is 14.1. The summed E-state index contributed by atoms with van der Waals surface area (Å²) in [7, 11) is -3.42. The molecule has 1 saturated carbocycles. The van der Waals surface area contributed by atoms with Gasteiger partial charge in [0.25, 0.3) is 0 Å². The van der Waals surface area contributed by atoms with Crippen LogP contribution in [0.3, 0.4) is 0 Å². The fourth-order valence-electron chi connectivity index (χ4n) is 1.61. The second kappa shape index (κ2) is 6.51. The number of sulfonamides is 1. The molecule has 3 N–H and O–H groups in total. The molecular formula is C11H16ClIN2O2S. The summed E-state index contributed by atoms with van der Waals surface area (Å²) in [5, 5.41) is 0. The monoisotopic (exact) mass is 402 g/mol. The van der Waals surface area contributed by atoms with Gasteiger partial charge in [-0.1, -0.05) is 6.07 Å². The Morgan fingerprint density at radius 1 is 1.44 bits per heavy atom. The van der Waals surface area contributed by atoms with Gasteiger partial charge in [-0.3, -0.25) is 0 Å². The lowest BCUT2D eigenvalue weighted by atomic mass is 10.2. The lowest BCUT2D eigenvalue weighted by Gasteiger charge is -2.12. The summed E-state index contributed by atoms with van der Waals surface area (Å²) in [4.78, 5) is 0.299. The van der Waals surface area contributed by atoms with Crippen molar-refractivity contribution >= 4 is 45.0 Å². The van der Waals surface area contributed by atoms with E-state index >= 15 is 0 Å². The minimum atomic E-state index is -3.42. The summed E-state index contributed by atoms with van der Waals surface area (Å²) >= 11 is 2.09. The number of benzene rings is 1. The van der Waals surface area contributed by atoms with Crippen LogP contribution in [0.1, 0.15) is 12.8 Å². The van der Waals surface area contributed by atoms with Crippen LogP contribution in [-0.2, 0) is 10.0 Å². The zero-order valence-electron chi connectivity index (χ0n) is 9.67. The molecule has 0 radical (unpaired) electrons. The maximum atomic E-state index is 12.0. The van der Waals surface area contributed by atoms with Crippen molar-refractivity contribution in [3.63, 3.8) is 0 Å². The fraction of sp³-hybridized carbons (Fsp3) is 0.455. The zero-order chi connectivity index (χ0) is 12.5. The molecule has 0 aliphatic heterocycles. The predicted octanol–water partition coefficient (Wildman–Crippen LogP) is 1.73. The molecule has 0 bridgehead atoms. The molecule has 18 heavy (non-hydrogen) atoms. The lowest BCUT2D eigenvalue weighted by molar-refractivity contribution is 0.547. The number of halogens is 2. The third-order valence-corrected chi connectivity index (χ3v) is 4.94. The van der Waals surface area contributed by atoms with Crippen molar-refractivity contribution < 1.29 is 8.42 Å². The Kier molecular flexibility index (Phi) is 5.85. The van der Waals surface area contributed by atoms with E-state index in [1.165, 1.54) is 0 Å². The van der Waals surface area contributed by atoms with Gasteiger partial charge < -0.3 is 5.73 Å². The average Bonchev–Trinajstić information content (AvgIpc) is 3.10. The third kappa shape index (κ3) is 4.34. The van der Waals surface area contributed by atoms with Gasteiger partial charge in [0.1, 0.15) is 0 Å². The van der Waals surface area contributed by atoms with Crippen LogP contribution in [0, 0.1) is 9.49 Å². The van der Waals surface area contributed by atoms with E-state index in [-0.39, 0.29) is 18.4 Å². The van der Waals surface area contributed by atoms with Gasteiger partial charge >= 0.3 is 0 Å². The topological polar surface area (TPSA) is 72.2 Å². The Morgan fingerprint density at radius 3 is 2.67 bits per heavy atom. The van der Waals surface area contributed by atoms with Gasteiger partial charge in [-0.2, -0.15) is 0 Å². The molecule has 2 rings (SSSR count). The van der Waals surface area contributed by atoms with Crippen LogP contribution in [0.5, 0.6) is 0 Å². The summed E-state index contributed by atoms with van der Waals surface area (Å²) in [6, 6.07) is 6.76.